The van der Waals surface area contributed by atoms with Gasteiger partial charge in [0, 0.05) is 6.08 Å². The Morgan fingerprint density at radius 1 is 1.13 bits per heavy atom. The first kappa shape index (κ1) is 21.6. The van der Waals surface area contributed by atoms with Crippen LogP contribution in [0.5, 0.6) is 17.2 Å². The van der Waals surface area contributed by atoms with Crippen LogP contribution in [0.4, 0.5) is 5.13 Å². The van der Waals surface area contributed by atoms with Gasteiger partial charge in [-0.05, 0) is 54.3 Å². The van der Waals surface area contributed by atoms with Crippen molar-refractivity contribution >= 4 is 38.7 Å². The number of ether oxygens (including phenoxy) is 3. The second kappa shape index (κ2) is 10.1. The number of methoxy groups -OCH3 is 2. The van der Waals surface area contributed by atoms with Gasteiger partial charge in [-0.15, -0.1) is 0 Å². The zero-order valence-electron chi connectivity index (χ0n) is 17.6. The number of benzene rings is 2. The van der Waals surface area contributed by atoms with Crippen molar-refractivity contribution in [3.05, 3.63) is 48.0 Å². The highest BCUT2D eigenvalue weighted by atomic mass is 32.1. The minimum absolute atomic E-state index is 0.253. The molecule has 1 aromatic heterocycles. The maximum Gasteiger partial charge on any atom is 0.250 e. The quantitative estimate of drug-likeness (QED) is 0.465. The molecule has 1 N–H and O–H groups in total. The normalized spacial score (nSPS) is 11.2. The molecular formula is C23H26N2O4S. The van der Waals surface area contributed by atoms with E-state index in [0.717, 1.165) is 28.0 Å². The molecule has 3 rings (SSSR count). The van der Waals surface area contributed by atoms with Gasteiger partial charge < -0.3 is 14.2 Å². The molecule has 7 heteroatoms. The van der Waals surface area contributed by atoms with Crippen molar-refractivity contribution in [2.45, 2.75) is 20.3 Å². The molecule has 0 fully saturated rings. The highest BCUT2D eigenvalue weighted by molar-refractivity contribution is 7.22. The van der Waals surface area contributed by atoms with Crippen molar-refractivity contribution in [1.29, 1.82) is 0 Å². The Morgan fingerprint density at radius 3 is 2.70 bits per heavy atom. The minimum Gasteiger partial charge on any atom is -0.497 e. The first-order valence-corrected chi connectivity index (χ1v) is 10.5. The molecule has 6 nitrogen and oxygen atoms in total. The number of hydrogen-bond acceptors (Lipinski definition) is 6. The molecule has 0 aliphatic heterocycles. The third kappa shape index (κ3) is 5.73. The summed E-state index contributed by atoms with van der Waals surface area (Å²) in [4.78, 5) is 16.7. The number of fused-ring (bicyclic) bond motifs is 1. The van der Waals surface area contributed by atoms with Crippen LogP contribution in [0.15, 0.2) is 42.5 Å². The summed E-state index contributed by atoms with van der Waals surface area (Å²) in [5.41, 5.74) is 1.66. The summed E-state index contributed by atoms with van der Waals surface area (Å²) in [7, 11) is 3.22. The van der Waals surface area contributed by atoms with Crippen molar-refractivity contribution in [1.82, 2.24) is 4.98 Å². The van der Waals surface area contributed by atoms with Gasteiger partial charge in [0.1, 0.15) is 5.75 Å². The highest BCUT2D eigenvalue weighted by Crippen LogP contribution is 2.30. The van der Waals surface area contributed by atoms with E-state index in [1.807, 2.05) is 36.4 Å². The van der Waals surface area contributed by atoms with Crippen LogP contribution in [0.3, 0.4) is 0 Å². The minimum atomic E-state index is -0.253. The topological polar surface area (TPSA) is 69.7 Å². The first-order chi connectivity index (χ1) is 14.5. The molecular weight excluding hydrogens is 400 g/mol. The van der Waals surface area contributed by atoms with Gasteiger partial charge in [-0.2, -0.15) is 0 Å². The van der Waals surface area contributed by atoms with E-state index in [1.165, 1.54) is 17.4 Å². The van der Waals surface area contributed by atoms with Crippen LogP contribution in [0.1, 0.15) is 25.8 Å². The number of amides is 1. The zero-order valence-corrected chi connectivity index (χ0v) is 18.4. The van der Waals surface area contributed by atoms with Gasteiger partial charge in [-0.1, -0.05) is 31.3 Å². The first-order valence-electron chi connectivity index (χ1n) is 9.73. The standard InChI is InChI=1S/C23H26N2O4S/c1-15(2)11-12-29-19-9-5-16(13-20(19)28-4)6-10-22(26)25-23-24-18-8-7-17(27-3)14-21(18)30-23/h5-10,13-15H,11-12H2,1-4H3,(H,24,25,26)/b10-6+. The number of carbonyl (C=O) groups excluding carboxylic acids is 1. The molecule has 0 unspecified atom stereocenters. The fourth-order valence-corrected chi connectivity index (χ4v) is 3.61. The van der Waals surface area contributed by atoms with Gasteiger partial charge in [0.15, 0.2) is 16.6 Å². The molecule has 0 saturated heterocycles. The summed E-state index contributed by atoms with van der Waals surface area (Å²) in [5.74, 6) is 2.42. The molecule has 30 heavy (non-hydrogen) atoms. The highest BCUT2D eigenvalue weighted by Gasteiger charge is 2.08. The Labute approximate surface area is 180 Å². The predicted octanol–water partition coefficient (Wildman–Crippen LogP) is 5.39. The molecule has 1 heterocycles. The molecule has 0 radical (unpaired) electrons. The Hall–Kier alpha value is -3.06. The molecule has 158 valence electrons. The molecule has 0 spiro atoms. The Kier molecular flexibility index (Phi) is 7.30. The second-order valence-electron chi connectivity index (χ2n) is 7.12. The summed E-state index contributed by atoms with van der Waals surface area (Å²) < 4.78 is 17.4. The van der Waals surface area contributed by atoms with Gasteiger partial charge in [0.2, 0.25) is 5.91 Å². The fraction of sp³-hybridized carbons (Fsp3) is 0.304. The number of nitrogens with zero attached hydrogens (tertiary/aromatic N) is 1. The third-order valence-electron chi connectivity index (χ3n) is 4.39. The second-order valence-corrected chi connectivity index (χ2v) is 8.15. The van der Waals surface area contributed by atoms with E-state index in [-0.39, 0.29) is 5.91 Å². The molecule has 0 saturated carbocycles. The van der Waals surface area contributed by atoms with E-state index in [2.05, 4.69) is 24.1 Å². The molecule has 0 bridgehead atoms. The summed E-state index contributed by atoms with van der Waals surface area (Å²) in [6, 6.07) is 11.2. The van der Waals surface area contributed by atoms with E-state index >= 15 is 0 Å². The van der Waals surface area contributed by atoms with Crippen LogP contribution in [0.25, 0.3) is 16.3 Å². The van der Waals surface area contributed by atoms with E-state index < -0.39 is 0 Å². The molecule has 0 aliphatic rings. The predicted molar refractivity (Wildman–Crippen MR) is 122 cm³/mol. The van der Waals surface area contributed by atoms with Gasteiger partial charge >= 0.3 is 0 Å². The number of rotatable bonds is 9. The monoisotopic (exact) mass is 426 g/mol. The van der Waals surface area contributed by atoms with Gasteiger partial charge in [0.05, 0.1) is 31.0 Å². The van der Waals surface area contributed by atoms with Crippen LogP contribution in [-0.4, -0.2) is 31.7 Å². The average molecular weight is 427 g/mol. The Bertz CT molecular complexity index is 1040. The van der Waals surface area contributed by atoms with E-state index in [1.54, 1.807) is 20.3 Å². The van der Waals surface area contributed by atoms with Crippen molar-refractivity contribution in [2.75, 3.05) is 26.1 Å². The summed E-state index contributed by atoms with van der Waals surface area (Å²) >= 11 is 1.40. The molecule has 3 aromatic rings. The van der Waals surface area contributed by atoms with Gasteiger partial charge in [0.25, 0.3) is 0 Å². The van der Waals surface area contributed by atoms with Crippen LogP contribution in [0, 0.1) is 5.92 Å². The maximum absolute atomic E-state index is 12.3. The lowest BCUT2D eigenvalue weighted by molar-refractivity contribution is -0.111. The third-order valence-corrected chi connectivity index (χ3v) is 5.33. The molecule has 1 amide bonds. The number of aromatic nitrogens is 1. The number of nitrogens with one attached hydrogen (secondary N) is 1. The lowest BCUT2D eigenvalue weighted by atomic mass is 10.1. The van der Waals surface area contributed by atoms with Crippen molar-refractivity contribution in [3.63, 3.8) is 0 Å². The number of hydrogen-bond donors (Lipinski definition) is 1. The fourth-order valence-electron chi connectivity index (χ4n) is 2.72. The number of anilines is 1. The number of carbonyl (C=O) groups is 1. The smallest absolute Gasteiger partial charge is 0.250 e. The van der Waals surface area contributed by atoms with Crippen LogP contribution < -0.4 is 19.5 Å². The number of thiazole rings is 1. The van der Waals surface area contributed by atoms with E-state index in [0.29, 0.717) is 29.2 Å². The van der Waals surface area contributed by atoms with Crippen molar-refractivity contribution < 1.29 is 19.0 Å². The van der Waals surface area contributed by atoms with Crippen molar-refractivity contribution in [2.24, 2.45) is 5.92 Å². The SMILES string of the molecule is COc1ccc2nc(NC(=O)/C=C/c3ccc(OCCC(C)C)c(OC)c3)sc2c1. The lowest BCUT2D eigenvalue weighted by Crippen LogP contribution is -2.07. The lowest BCUT2D eigenvalue weighted by Gasteiger charge is -2.12. The van der Waals surface area contributed by atoms with E-state index in [9.17, 15) is 4.79 Å². The van der Waals surface area contributed by atoms with Crippen LogP contribution in [-0.2, 0) is 4.79 Å². The zero-order chi connectivity index (χ0) is 21.5. The summed E-state index contributed by atoms with van der Waals surface area (Å²) in [6.45, 7) is 4.95. The van der Waals surface area contributed by atoms with Crippen LogP contribution in [0.2, 0.25) is 0 Å². The van der Waals surface area contributed by atoms with Crippen LogP contribution >= 0.6 is 11.3 Å². The Balaban J connectivity index is 1.64. The summed E-state index contributed by atoms with van der Waals surface area (Å²) in [6.07, 6.45) is 4.18. The average Bonchev–Trinajstić information content (AvgIpc) is 3.13. The maximum atomic E-state index is 12.3. The molecule has 0 atom stereocenters. The van der Waals surface area contributed by atoms with Gasteiger partial charge in [-0.3, -0.25) is 10.1 Å². The Morgan fingerprint density at radius 2 is 1.97 bits per heavy atom. The van der Waals surface area contributed by atoms with Gasteiger partial charge in [-0.25, -0.2) is 4.98 Å². The van der Waals surface area contributed by atoms with E-state index in [4.69, 9.17) is 14.2 Å². The molecule has 2 aromatic carbocycles. The largest absolute Gasteiger partial charge is 0.497 e. The van der Waals surface area contributed by atoms with Crippen molar-refractivity contribution in [3.8, 4) is 17.2 Å². The summed E-state index contributed by atoms with van der Waals surface area (Å²) in [5, 5.41) is 3.34. The molecule has 0 aliphatic carbocycles.